The van der Waals surface area contributed by atoms with Crippen LogP contribution in [0.5, 0.6) is 0 Å². The lowest BCUT2D eigenvalue weighted by atomic mass is 10.1. The van der Waals surface area contributed by atoms with Crippen LogP contribution in [-0.2, 0) is 6.54 Å². The maximum Gasteiger partial charge on any atom is 0.262 e. The molecule has 4 nitrogen and oxygen atoms in total. The van der Waals surface area contributed by atoms with Gasteiger partial charge in [-0.05, 0) is 48.9 Å². The van der Waals surface area contributed by atoms with Gasteiger partial charge in [0.2, 0.25) is 0 Å². The fourth-order valence-electron chi connectivity index (χ4n) is 2.88. The lowest BCUT2D eigenvalue weighted by molar-refractivity contribution is 0.490. The standard InChI is InChI=1S/C20H15ClN2O2/c1-13-8-9-15(17(21)11-13)19-22-18-7-3-2-6-16(18)20(24)23(19)12-14-5-4-10-25-14/h2-11H,12H2,1H3. The van der Waals surface area contributed by atoms with Crippen molar-refractivity contribution in [3.05, 3.63) is 87.6 Å². The van der Waals surface area contributed by atoms with Gasteiger partial charge in [0.1, 0.15) is 11.6 Å². The maximum absolute atomic E-state index is 13.1. The van der Waals surface area contributed by atoms with Gasteiger partial charge in [0.25, 0.3) is 5.56 Å². The Labute approximate surface area is 149 Å². The largest absolute Gasteiger partial charge is 0.467 e. The molecule has 25 heavy (non-hydrogen) atoms. The van der Waals surface area contributed by atoms with Gasteiger partial charge in [-0.2, -0.15) is 0 Å². The normalized spacial score (nSPS) is 11.1. The third-order valence-corrected chi connectivity index (χ3v) is 4.43. The third kappa shape index (κ3) is 2.85. The molecule has 0 aliphatic carbocycles. The van der Waals surface area contributed by atoms with E-state index in [1.165, 1.54) is 0 Å². The molecule has 124 valence electrons. The zero-order valence-corrected chi connectivity index (χ0v) is 14.3. The smallest absolute Gasteiger partial charge is 0.262 e. The van der Waals surface area contributed by atoms with Crippen LogP contribution in [0.3, 0.4) is 0 Å². The fourth-order valence-corrected chi connectivity index (χ4v) is 3.20. The fraction of sp³-hybridized carbons (Fsp3) is 0.100. The Morgan fingerprint density at radius 2 is 1.96 bits per heavy atom. The number of para-hydroxylation sites is 1. The van der Waals surface area contributed by atoms with Crippen LogP contribution < -0.4 is 5.56 Å². The molecule has 0 aliphatic heterocycles. The molecule has 0 saturated heterocycles. The molecule has 0 amide bonds. The highest BCUT2D eigenvalue weighted by Gasteiger charge is 2.16. The van der Waals surface area contributed by atoms with E-state index < -0.39 is 0 Å². The van der Waals surface area contributed by atoms with Crippen molar-refractivity contribution in [2.75, 3.05) is 0 Å². The zero-order chi connectivity index (χ0) is 17.4. The predicted octanol–water partition coefficient (Wildman–Crippen LogP) is 4.67. The molecule has 4 aromatic rings. The number of hydrogen-bond acceptors (Lipinski definition) is 3. The average molecular weight is 351 g/mol. The number of furan rings is 1. The van der Waals surface area contributed by atoms with E-state index in [9.17, 15) is 4.79 Å². The Kier molecular flexibility index (Phi) is 3.90. The average Bonchev–Trinajstić information content (AvgIpc) is 3.11. The van der Waals surface area contributed by atoms with Crippen LogP contribution >= 0.6 is 11.6 Å². The van der Waals surface area contributed by atoms with Crippen LogP contribution in [0.2, 0.25) is 5.02 Å². The van der Waals surface area contributed by atoms with Crippen LogP contribution in [0.25, 0.3) is 22.3 Å². The van der Waals surface area contributed by atoms with Crippen LogP contribution in [0.1, 0.15) is 11.3 Å². The number of aromatic nitrogens is 2. The van der Waals surface area contributed by atoms with E-state index in [0.717, 1.165) is 11.1 Å². The summed E-state index contributed by atoms with van der Waals surface area (Å²) in [5, 5.41) is 1.14. The SMILES string of the molecule is Cc1ccc(-c2nc3ccccc3c(=O)n2Cc2ccco2)c(Cl)c1. The molecule has 0 fully saturated rings. The van der Waals surface area contributed by atoms with Crippen molar-refractivity contribution in [1.29, 1.82) is 0 Å². The van der Waals surface area contributed by atoms with Crippen molar-refractivity contribution in [2.45, 2.75) is 13.5 Å². The van der Waals surface area contributed by atoms with Gasteiger partial charge < -0.3 is 4.42 Å². The van der Waals surface area contributed by atoms with Crippen LogP contribution in [-0.4, -0.2) is 9.55 Å². The van der Waals surface area contributed by atoms with Gasteiger partial charge in [-0.3, -0.25) is 9.36 Å². The molecule has 2 aromatic heterocycles. The molecule has 2 heterocycles. The molecule has 0 atom stereocenters. The molecule has 4 rings (SSSR count). The summed E-state index contributed by atoms with van der Waals surface area (Å²) in [5.41, 5.74) is 2.31. The Bertz CT molecular complexity index is 1110. The van der Waals surface area contributed by atoms with Crippen molar-refractivity contribution >= 4 is 22.5 Å². The van der Waals surface area contributed by atoms with Crippen LogP contribution in [0, 0.1) is 6.92 Å². The first-order valence-corrected chi connectivity index (χ1v) is 8.30. The molecule has 0 aliphatic rings. The van der Waals surface area contributed by atoms with E-state index in [4.69, 9.17) is 21.0 Å². The first kappa shape index (κ1) is 15.7. The van der Waals surface area contributed by atoms with Gasteiger partial charge >= 0.3 is 0 Å². The summed E-state index contributed by atoms with van der Waals surface area (Å²) < 4.78 is 7.03. The van der Waals surface area contributed by atoms with Gasteiger partial charge in [-0.15, -0.1) is 0 Å². The Hall–Kier alpha value is -2.85. The van der Waals surface area contributed by atoms with E-state index in [2.05, 4.69) is 0 Å². The van der Waals surface area contributed by atoms with Crippen molar-refractivity contribution in [1.82, 2.24) is 9.55 Å². The Morgan fingerprint density at radius 1 is 1.12 bits per heavy atom. The second-order valence-electron chi connectivity index (χ2n) is 5.91. The van der Waals surface area contributed by atoms with Crippen molar-refractivity contribution in [3.63, 3.8) is 0 Å². The molecule has 0 unspecified atom stereocenters. The first-order chi connectivity index (χ1) is 12.1. The number of aryl methyl sites for hydroxylation is 1. The molecule has 0 saturated carbocycles. The summed E-state index contributed by atoms with van der Waals surface area (Å²) in [4.78, 5) is 17.8. The summed E-state index contributed by atoms with van der Waals surface area (Å²) in [6.07, 6.45) is 1.59. The van der Waals surface area contributed by atoms with Crippen LogP contribution in [0.15, 0.2) is 70.1 Å². The minimum atomic E-state index is -0.117. The van der Waals surface area contributed by atoms with Crippen LogP contribution in [0.4, 0.5) is 0 Å². The van der Waals surface area contributed by atoms with E-state index in [-0.39, 0.29) is 5.56 Å². The number of fused-ring (bicyclic) bond motifs is 1. The topological polar surface area (TPSA) is 48.0 Å². The summed E-state index contributed by atoms with van der Waals surface area (Å²) in [6, 6.07) is 16.7. The minimum absolute atomic E-state index is 0.117. The monoisotopic (exact) mass is 350 g/mol. The lowest BCUT2D eigenvalue weighted by Crippen LogP contribution is -2.24. The van der Waals surface area contributed by atoms with Crippen molar-refractivity contribution < 1.29 is 4.42 Å². The minimum Gasteiger partial charge on any atom is -0.467 e. The predicted molar refractivity (Wildman–Crippen MR) is 99.0 cm³/mol. The quantitative estimate of drug-likeness (QED) is 0.539. The second kappa shape index (κ2) is 6.22. The molecule has 5 heteroatoms. The number of nitrogens with zero attached hydrogens (tertiary/aromatic N) is 2. The van der Waals surface area contributed by atoms with Crippen molar-refractivity contribution in [2.24, 2.45) is 0 Å². The summed E-state index contributed by atoms with van der Waals surface area (Å²) in [7, 11) is 0. The molecular weight excluding hydrogens is 336 g/mol. The summed E-state index contributed by atoms with van der Waals surface area (Å²) >= 11 is 6.44. The van der Waals surface area contributed by atoms with Gasteiger partial charge in [-0.25, -0.2) is 4.98 Å². The zero-order valence-electron chi connectivity index (χ0n) is 13.6. The molecule has 0 N–H and O–H groups in total. The Morgan fingerprint density at radius 3 is 2.72 bits per heavy atom. The van der Waals surface area contributed by atoms with Gasteiger partial charge in [0.15, 0.2) is 0 Å². The first-order valence-electron chi connectivity index (χ1n) is 7.92. The molecule has 0 spiro atoms. The van der Waals surface area contributed by atoms with Gasteiger partial charge in [-0.1, -0.05) is 29.8 Å². The summed E-state index contributed by atoms with van der Waals surface area (Å²) in [5.74, 6) is 1.22. The van der Waals surface area contributed by atoms with Crippen molar-refractivity contribution in [3.8, 4) is 11.4 Å². The second-order valence-corrected chi connectivity index (χ2v) is 6.31. The van der Waals surface area contributed by atoms with E-state index >= 15 is 0 Å². The van der Waals surface area contributed by atoms with E-state index in [0.29, 0.717) is 34.1 Å². The Balaban J connectivity index is 2.02. The highest BCUT2D eigenvalue weighted by molar-refractivity contribution is 6.33. The van der Waals surface area contributed by atoms with E-state index in [1.807, 2.05) is 49.4 Å². The molecule has 0 radical (unpaired) electrons. The third-order valence-electron chi connectivity index (χ3n) is 4.12. The molecule has 2 aromatic carbocycles. The van der Waals surface area contributed by atoms with E-state index in [1.54, 1.807) is 23.0 Å². The summed E-state index contributed by atoms with van der Waals surface area (Å²) in [6.45, 7) is 2.27. The number of benzene rings is 2. The van der Waals surface area contributed by atoms with Gasteiger partial charge in [0, 0.05) is 5.56 Å². The molecule has 0 bridgehead atoms. The van der Waals surface area contributed by atoms with Gasteiger partial charge in [0.05, 0.1) is 28.7 Å². The maximum atomic E-state index is 13.1. The number of halogens is 1. The lowest BCUT2D eigenvalue weighted by Gasteiger charge is -2.14. The highest BCUT2D eigenvalue weighted by atomic mass is 35.5. The number of rotatable bonds is 3. The molecular formula is C20H15ClN2O2. The number of hydrogen-bond donors (Lipinski definition) is 0. The highest BCUT2D eigenvalue weighted by Crippen LogP contribution is 2.28.